The number of amides is 2. The summed E-state index contributed by atoms with van der Waals surface area (Å²) in [7, 11) is 1.64. The van der Waals surface area contributed by atoms with E-state index < -0.39 is 0 Å². The number of rotatable bonds is 5. The molecule has 0 saturated heterocycles. The molecule has 2 aromatic rings. The van der Waals surface area contributed by atoms with Gasteiger partial charge in [0.15, 0.2) is 0 Å². The second-order valence-electron chi connectivity index (χ2n) is 5.42. The van der Waals surface area contributed by atoms with Crippen molar-refractivity contribution >= 4 is 17.4 Å². The van der Waals surface area contributed by atoms with Crippen molar-refractivity contribution in [3.63, 3.8) is 0 Å². The molecule has 2 heterocycles. The van der Waals surface area contributed by atoms with Crippen LogP contribution in [-0.4, -0.2) is 32.3 Å². The minimum Gasteiger partial charge on any atom is -0.497 e. The van der Waals surface area contributed by atoms with Crippen molar-refractivity contribution in [3.8, 4) is 11.5 Å². The summed E-state index contributed by atoms with van der Waals surface area (Å²) >= 11 is 1.70. The number of hydrogen-bond acceptors (Lipinski definition) is 4. The lowest BCUT2D eigenvalue weighted by atomic mass is 10.0. The number of thiophene rings is 1. The van der Waals surface area contributed by atoms with Gasteiger partial charge >= 0.3 is 6.03 Å². The highest BCUT2D eigenvalue weighted by molar-refractivity contribution is 7.09. The Labute approximate surface area is 139 Å². The van der Waals surface area contributed by atoms with Crippen LogP contribution in [0.5, 0.6) is 11.5 Å². The number of ether oxygens (including phenoxy) is 2. The van der Waals surface area contributed by atoms with Gasteiger partial charge < -0.3 is 20.1 Å². The van der Waals surface area contributed by atoms with Crippen LogP contribution in [0.2, 0.25) is 0 Å². The van der Waals surface area contributed by atoms with E-state index in [1.165, 1.54) is 4.88 Å². The van der Waals surface area contributed by atoms with E-state index in [9.17, 15) is 4.79 Å². The summed E-state index contributed by atoms with van der Waals surface area (Å²) in [6.45, 7) is 1.11. The van der Waals surface area contributed by atoms with Crippen molar-refractivity contribution in [3.05, 3.63) is 46.2 Å². The van der Waals surface area contributed by atoms with Gasteiger partial charge in [-0.3, -0.25) is 0 Å². The van der Waals surface area contributed by atoms with Gasteiger partial charge in [0.25, 0.3) is 0 Å². The number of hydrogen-bond donors (Lipinski definition) is 2. The van der Waals surface area contributed by atoms with E-state index in [4.69, 9.17) is 9.47 Å². The van der Waals surface area contributed by atoms with Gasteiger partial charge in [0.05, 0.1) is 13.2 Å². The van der Waals surface area contributed by atoms with Crippen LogP contribution in [0.25, 0.3) is 0 Å². The Balaban J connectivity index is 1.47. The quantitative estimate of drug-likeness (QED) is 0.885. The number of nitrogens with one attached hydrogen (secondary N) is 2. The molecule has 23 heavy (non-hydrogen) atoms. The molecular formula is C17H20N2O3S. The van der Waals surface area contributed by atoms with Crippen LogP contribution in [-0.2, 0) is 12.8 Å². The number of carbonyl (C=O) groups excluding carboxylic acids is 1. The zero-order valence-corrected chi connectivity index (χ0v) is 13.8. The summed E-state index contributed by atoms with van der Waals surface area (Å²) in [4.78, 5) is 13.2. The van der Waals surface area contributed by atoms with Crippen LogP contribution in [0.1, 0.15) is 10.4 Å². The summed E-state index contributed by atoms with van der Waals surface area (Å²) in [6.07, 6.45) is 1.59. The summed E-state index contributed by atoms with van der Waals surface area (Å²) in [6, 6.07) is 9.65. The van der Waals surface area contributed by atoms with E-state index in [0.29, 0.717) is 13.2 Å². The number of urea groups is 1. The topological polar surface area (TPSA) is 59.6 Å². The smallest absolute Gasteiger partial charge is 0.315 e. The van der Waals surface area contributed by atoms with E-state index in [2.05, 4.69) is 16.7 Å². The van der Waals surface area contributed by atoms with Crippen LogP contribution in [0, 0.1) is 0 Å². The maximum absolute atomic E-state index is 12.0. The third-order valence-electron chi connectivity index (χ3n) is 3.75. The van der Waals surface area contributed by atoms with E-state index >= 15 is 0 Å². The van der Waals surface area contributed by atoms with E-state index in [-0.39, 0.29) is 12.1 Å². The molecular weight excluding hydrogens is 312 g/mol. The Morgan fingerprint density at radius 3 is 3.13 bits per heavy atom. The highest BCUT2D eigenvalue weighted by Crippen LogP contribution is 2.28. The Morgan fingerprint density at radius 2 is 2.35 bits per heavy atom. The molecule has 0 radical (unpaired) electrons. The molecule has 6 heteroatoms. The van der Waals surface area contributed by atoms with Crippen molar-refractivity contribution in [2.75, 3.05) is 20.3 Å². The van der Waals surface area contributed by atoms with Crippen LogP contribution in [0.15, 0.2) is 35.7 Å². The lowest BCUT2D eigenvalue weighted by molar-refractivity contribution is 0.214. The molecule has 0 unspecified atom stereocenters. The lowest BCUT2D eigenvalue weighted by Gasteiger charge is -2.26. The van der Waals surface area contributed by atoms with Crippen molar-refractivity contribution in [1.82, 2.24) is 10.6 Å². The first-order valence-electron chi connectivity index (χ1n) is 7.61. The fourth-order valence-electron chi connectivity index (χ4n) is 2.58. The fraction of sp³-hybridized carbons (Fsp3) is 0.353. The second-order valence-corrected chi connectivity index (χ2v) is 6.45. The first-order chi connectivity index (χ1) is 11.2. The summed E-state index contributed by atoms with van der Waals surface area (Å²) in [5.74, 6) is 1.66. The molecule has 2 N–H and O–H groups in total. The maximum Gasteiger partial charge on any atom is 0.315 e. The largest absolute Gasteiger partial charge is 0.497 e. The molecule has 1 aliphatic rings. The molecule has 1 aromatic heterocycles. The molecule has 122 valence electrons. The van der Waals surface area contributed by atoms with Gasteiger partial charge in [0, 0.05) is 11.4 Å². The Morgan fingerprint density at radius 1 is 1.43 bits per heavy atom. The zero-order chi connectivity index (χ0) is 16.1. The van der Waals surface area contributed by atoms with E-state index in [1.54, 1.807) is 18.4 Å². The summed E-state index contributed by atoms with van der Waals surface area (Å²) in [5, 5.41) is 7.90. The predicted octanol–water partition coefficient (Wildman–Crippen LogP) is 2.60. The normalized spacial score (nSPS) is 16.1. The van der Waals surface area contributed by atoms with Crippen LogP contribution in [0.4, 0.5) is 4.79 Å². The number of methoxy groups -OCH3 is 1. The summed E-state index contributed by atoms with van der Waals surface area (Å²) < 4.78 is 10.9. The molecule has 1 atom stereocenters. The Hall–Kier alpha value is -2.21. The van der Waals surface area contributed by atoms with E-state index in [1.807, 2.05) is 29.6 Å². The number of carbonyl (C=O) groups is 1. The molecule has 0 spiro atoms. The van der Waals surface area contributed by atoms with Crippen LogP contribution >= 0.6 is 11.3 Å². The van der Waals surface area contributed by atoms with Gasteiger partial charge in [-0.2, -0.15) is 0 Å². The number of benzene rings is 1. The van der Waals surface area contributed by atoms with Gasteiger partial charge in [0.1, 0.15) is 18.1 Å². The summed E-state index contributed by atoms with van der Waals surface area (Å²) in [5.41, 5.74) is 1.06. The molecule has 3 rings (SSSR count). The van der Waals surface area contributed by atoms with Crippen molar-refractivity contribution in [2.45, 2.75) is 18.9 Å². The second kappa shape index (κ2) is 7.37. The molecule has 0 saturated carbocycles. The highest BCUT2D eigenvalue weighted by Gasteiger charge is 2.21. The van der Waals surface area contributed by atoms with Crippen LogP contribution < -0.4 is 20.1 Å². The average Bonchev–Trinajstić information content (AvgIpc) is 3.07. The SMILES string of the molecule is COc1ccc2c(c1)C[C@H](NC(=O)NCCc1cccs1)CO2. The predicted molar refractivity (Wildman–Crippen MR) is 90.5 cm³/mol. The minimum absolute atomic E-state index is 0.0312. The molecule has 5 nitrogen and oxygen atoms in total. The minimum atomic E-state index is -0.151. The van der Waals surface area contributed by atoms with Gasteiger partial charge in [0.2, 0.25) is 0 Å². The molecule has 1 aromatic carbocycles. The van der Waals surface area contributed by atoms with Gasteiger partial charge in [-0.05, 0) is 48.1 Å². The van der Waals surface area contributed by atoms with Gasteiger partial charge in [-0.15, -0.1) is 11.3 Å². The average molecular weight is 332 g/mol. The molecule has 1 aliphatic heterocycles. The Bertz CT molecular complexity index is 658. The van der Waals surface area contributed by atoms with E-state index in [0.717, 1.165) is 29.9 Å². The third-order valence-corrected chi connectivity index (χ3v) is 4.68. The molecule has 0 aliphatic carbocycles. The standard InChI is InChI=1S/C17H20N2O3S/c1-21-14-4-5-16-12(10-14)9-13(11-22-16)19-17(20)18-7-6-15-3-2-8-23-15/h2-5,8,10,13H,6-7,9,11H2,1H3,(H2,18,19,20)/t13-/m0/s1. The van der Waals surface area contributed by atoms with Crippen molar-refractivity contribution < 1.29 is 14.3 Å². The van der Waals surface area contributed by atoms with Crippen molar-refractivity contribution in [1.29, 1.82) is 0 Å². The molecule has 2 amide bonds. The van der Waals surface area contributed by atoms with Crippen molar-refractivity contribution in [2.24, 2.45) is 0 Å². The van der Waals surface area contributed by atoms with Gasteiger partial charge in [-0.1, -0.05) is 6.07 Å². The number of fused-ring (bicyclic) bond motifs is 1. The monoisotopic (exact) mass is 332 g/mol. The molecule has 0 fully saturated rings. The Kier molecular flexibility index (Phi) is 5.02. The lowest BCUT2D eigenvalue weighted by Crippen LogP contribution is -2.47. The third kappa shape index (κ3) is 4.16. The van der Waals surface area contributed by atoms with Crippen LogP contribution in [0.3, 0.4) is 0 Å². The fourth-order valence-corrected chi connectivity index (χ4v) is 3.29. The van der Waals surface area contributed by atoms with Gasteiger partial charge in [-0.25, -0.2) is 4.79 Å². The highest BCUT2D eigenvalue weighted by atomic mass is 32.1. The first-order valence-corrected chi connectivity index (χ1v) is 8.49. The first kappa shape index (κ1) is 15.7. The maximum atomic E-state index is 12.0. The zero-order valence-electron chi connectivity index (χ0n) is 13.0. The molecule has 0 bridgehead atoms.